The molecule has 0 bridgehead atoms. The van der Waals surface area contributed by atoms with Crippen LogP contribution in [0.4, 0.5) is 8.78 Å². The number of aliphatic hydroxyl groups excluding tert-OH is 1. The molecule has 0 heterocycles. The van der Waals surface area contributed by atoms with Crippen LogP contribution < -0.4 is 5.32 Å². The van der Waals surface area contributed by atoms with Crippen LogP contribution in [0.3, 0.4) is 0 Å². The minimum atomic E-state index is -1.48. The Kier molecular flexibility index (Phi) is 3.14. The summed E-state index contributed by atoms with van der Waals surface area (Å²) in [6.07, 6.45) is -1.48. The molecule has 5 heteroatoms. The summed E-state index contributed by atoms with van der Waals surface area (Å²) in [4.78, 5) is 10.9. The number of nitrogens with one attached hydrogen (secondary N) is 1. The Morgan fingerprint density at radius 1 is 1.43 bits per heavy atom. The van der Waals surface area contributed by atoms with Crippen molar-refractivity contribution in [1.29, 1.82) is 0 Å². The first-order chi connectivity index (χ1) is 6.56. The molecule has 76 valence electrons. The third kappa shape index (κ3) is 2.05. The van der Waals surface area contributed by atoms with Gasteiger partial charge < -0.3 is 10.4 Å². The fourth-order valence-electron chi connectivity index (χ4n) is 0.971. The minimum absolute atomic E-state index is 0.0169. The smallest absolute Gasteiger partial charge is 0.253 e. The molecule has 1 aromatic rings. The lowest BCUT2D eigenvalue weighted by molar-refractivity contribution is -0.129. The van der Waals surface area contributed by atoms with E-state index in [1.54, 1.807) is 0 Å². The van der Waals surface area contributed by atoms with Crippen LogP contribution >= 0.6 is 0 Å². The summed E-state index contributed by atoms with van der Waals surface area (Å²) in [7, 11) is 1.34. The molecule has 1 unspecified atom stereocenters. The van der Waals surface area contributed by atoms with Crippen molar-refractivity contribution in [2.24, 2.45) is 0 Å². The van der Waals surface area contributed by atoms with E-state index in [1.165, 1.54) is 7.05 Å². The lowest BCUT2D eigenvalue weighted by atomic mass is 10.1. The zero-order valence-electron chi connectivity index (χ0n) is 7.42. The van der Waals surface area contributed by atoms with Crippen LogP contribution in [0.1, 0.15) is 11.7 Å². The van der Waals surface area contributed by atoms with Crippen LogP contribution in [0.25, 0.3) is 0 Å². The molecule has 0 saturated carbocycles. The largest absolute Gasteiger partial charge is 0.378 e. The minimum Gasteiger partial charge on any atom is -0.378 e. The number of carbonyl (C=O) groups is 1. The molecule has 3 nitrogen and oxygen atoms in total. The summed E-state index contributed by atoms with van der Waals surface area (Å²) in [5.41, 5.74) is 0.0169. The highest BCUT2D eigenvalue weighted by Crippen LogP contribution is 2.16. The van der Waals surface area contributed by atoms with E-state index >= 15 is 0 Å². The Labute approximate surface area is 79.4 Å². The highest BCUT2D eigenvalue weighted by Gasteiger charge is 2.17. The average molecular weight is 201 g/mol. The number of benzene rings is 1. The summed E-state index contributed by atoms with van der Waals surface area (Å²) in [6.45, 7) is 0. The van der Waals surface area contributed by atoms with Gasteiger partial charge in [0.2, 0.25) is 0 Å². The molecule has 0 fully saturated rings. The van der Waals surface area contributed by atoms with Gasteiger partial charge in [-0.1, -0.05) is 6.07 Å². The summed E-state index contributed by atoms with van der Waals surface area (Å²) in [5.74, 6) is -2.78. The van der Waals surface area contributed by atoms with Crippen molar-refractivity contribution in [3.63, 3.8) is 0 Å². The maximum absolute atomic E-state index is 12.7. The maximum atomic E-state index is 12.7. The zero-order chi connectivity index (χ0) is 10.7. The number of carbonyl (C=O) groups excluding carboxylic acids is 1. The second kappa shape index (κ2) is 4.15. The Bertz CT molecular complexity index is 355. The Balaban J connectivity index is 2.96. The maximum Gasteiger partial charge on any atom is 0.253 e. The molecule has 0 aliphatic rings. The van der Waals surface area contributed by atoms with Gasteiger partial charge in [-0.3, -0.25) is 4.79 Å². The quantitative estimate of drug-likeness (QED) is 0.741. The summed E-state index contributed by atoms with van der Waals surface area (Å²) >= 11 is 0. The highest BCUT2D eigenvalue weighted by molar-refractivity contribution is 5.81. The van der Waals surface area contributed by atoms with Crippen LogP contribution in [-0.4, -0.2) is 18.1 Å². The lowest BCUT2D eigenvalue weighted by Crippen LogP contribution is -2.25. The first-order valence-corrected chi connectivity index (χ1v) is 3.91. The van der Waals surface area contributed by atoms with E-state index in [0.717, 1.165) is 18.2 Å². The molecule has 0 aliphatic heterocycles. The molecule has 0 radical (unpaired) electrons. The van der Waals surface area contributed by atoms with Crippen molar-refractivity contribution >= 4 is 5.91 Å². The molecule has 14 heavy (non-hydrogen) atoms. The van der Waals surface area contributed by atoms with E-state index in [4.69, 9.17) is 0 Å². The molecular formula is C9H9F2NO2. The molecule has 2 N–H and O–H groups in total. The molecule has 1 atom stereocenters. The first kappa shape index (κ1) is 10.6. The fraction of sp³-hybridized carbons (Fsp3) is 0.222. The number of rotatable bonds is 2. The Hall–Kier alpha value is -1.49. The van der Waals surface area contributed by atoms with E-state index in [-0.39, 0.29) is 5.56 Å². The normalized spacial score (nSPS) is 12.3. The number of hydrogen-bond acceptors (Lipinski definition) is 2. The van der Waals surface area contributed by atoms with Gasteiger partial charge in [0.05, 0.1) is 0 Å². The van der Waals surface area contributed by atoms with Gasteiger partial charge in [-0.2, -0.15) is 0 Å². The Morgan fingerprint density at radius 3 is 2.57 bits per heavy atom. The number of amides is 1. The van der Waals surface area contributed by atoms with Crippen LogP contribution in [0.5, 0.6) is 0 Å². The molecule has 0 aromatic heterocycles. The third-order valence-corrected chi connectivity index (χ3v) is 1.75. The van der Waals surface area contributed by atoms with Crippen LogP contribution in [0.2, 0.25) is 0 Å². The van der Waals surface area contributed by atoms with Gasteiger partial charge >= 0.3 is 0 Å². The van der Waals surface area contributed by atoms with Crippen molar-refractivity contribution in [1.82, 2.24) is 5.32 Å². The molecule has 1 rings (SSSR count). The topological polar surface area (TPSA) is 49.3 Å². The zero-order valence-corrected chi connectivity index (χ0v) is 7.42. The van der Waals surface area contributed by atoms with Crippen molar-refractivity contribution in [2.75, 3.05) is 7.05 Å². The predicted molar refractivity (Wildman–Crippen MR) is 45.4 cm³/mol. The van der Waals surface area contributed by atoms with E-state index in [0.29, 0.717) is 0 Å². The summed E-state index contributed by atoms with van der Waals surface area (Å²) in [5, 5.41) is 11.5. The Morgan fingerprint density at radius 2 is 2.07 bits per heavy atom. The summed E-state index contributed by atoms with van der Waals surface area (Å²) < 4.78 is 25.2. The van der Waals surface area contributed by atoms with E-state index in [2.05, 4.69) is 5.32 Å². The number of aliphatic hydroxyl groups is 1. The van der Waals surface area contributed by atoms with E-state index < -0.39 is 23.6 Å². The fourth-order valence-corrected chi connectivity index (χ4v) is 0.971. The standard InChI is InChI=1S/C9H9F2NO2/c1-12-9(14)8(13)5-2-3-6(10)7(11)4-5/h2-4,8,13H,1H3,(H,12,14). The van der Waals surface area contributed by atoms with E-state index in [9.17, 15) is 18.7 Å². The van der Waals surface area contributed by atoms with Crippen LogP contribution in [-0.2, 0) is 4.79 Å². The van der Waals surface area contributed by atoms with Crippen LogP contribution in [0.15, 0.2) is 18.2 Å². The monoisotopic (exact) mass is 201 g/mol. The number of halogens is 2. The highest BCUT2D eigenvalue weighted by atomic mass is 19.2. The van der Waals surface area contributed by atoms with Crippen molar-refractivity contribution in [3.8, 4) is 0 Å². The number of hydrogen-bond donors (Lipinski definition) is 2. The summed E-state index contributed by atoms with van der Waals surface area (Å²) in [6, 6.07) is 2.80. The molecule has 1 amide bonds. The van der Waals surface area contributed by atoms with Crippen molar-refractivity contribution in [3.05, 3.63) is 35.4 Å². The molecule has 0 spiro atoms. The molecule has 0 aliphatic carbocycles. The van der Waals surface area contributed by atoms with Crippen molar-refractivity contribution < 1.29 is 18.7 Å². The van der Waals surface area contributed by atoms with Gasteiger partial charge in [0.15, 0.2) is 17.7 Å². The predicted octanol–water partition coefficient (Wildman–Crippen LogP) is 0.744. The number of likely N-dealkylation sites (N-methyl/N-ethyl adjacent to an activating group) is 1. The third-order valence-electron chi connectivity index (χ3n) is 1.75. The van der Waals surface area contributed by atoms with Gasteiger partial charge in [-0.05, 0) is 17.7 Å². The van der Waals surface area contributed by atoms with Gasteiger partial charge in [0.25, 0.3) is 5.91 Å². The molecule has 1 aromatic carbocycles. The second-order valence-electron chi connectivity index (χ2n) is 2.69. The van der Waals surface area contributed by atoms with Gasteiger partial charge in [0.1, 0.15) is 0 Å². The van der Waals surface area contributed by atoms with Crippen molar-refractivity contribution in [2.45, 2.75) is 6.10 Å². The van der Waals surface area contributed by atoms with Gasteiger partial charge in [0, 0.05) is 7.05 Å². The molecular weight excluding hydrogens is 192 g/mol. The van der Waals surface area contributed by atoms with Gasteiger partial charge in [-0.15, -0.1) is 0 Å². The van der Waals surface area contributed by atoms with Crippen LogP contribution in [0, 0.1) is 11.6 Å². The second-order valence-corrected chi connectivity index (χ2v) is 2.69. The lowest BCUT2D eigenvalue weighted by Gasteiger charge is -2.08. The molecule has 0 saturated heterocycles. The average Bonchev–Trinajstić information content (AvgIpc) is 2.20. The first-order valence-electron chi connectivity index (χ1n) is 3.91. The van der Waals surface area contributed by atoms with Gasteiger partial charge in [-0.25, -0.2) is 8.78 Å². The van der Waals surface area contributed by atoms with E-state index in [1.807, 2.05) is 0 Å². The SMILES string of the molecule is CNC(=O)C(O)c1ccc(F)c(F)c1.